The normalized spacial score (nSPS) is 11.1. The Hall–Kier alpha value is -2.11. The number of anilines is 1. The number of aromatic carboxylic acids is 1. The molecule has 0 unspecified atom stereocenters. The van der Waals surface area contributed by atoms with Gasteiger partial charge in [0, 0.05) is 18.2 Å². The van der Waals surface area contributed by atoms with Gasteiger partial charge in [0.15, 0.2) is 11.3 Å². The molecule has 2 aromatic rings. The summed E-state index contributed by atoms with van der Waals surface area (Å²) >= 11 is 0. The van der Waals surface area contributed by atoms with Crippen molar-refractivity contribution in [3.63, 3.8) is 0 Å². The molecule has 0 aromatic carbocycles. The molecule has 0 atom stereocenters. The summed E-state index contributed by atoms with van der Waals surface area (Å²) in [6, 6.07) is 3.42. The molecule has 0 fully saturated rings. The van der Waals surface area contributed by atoms with Crippen LogP contribution in [0.25, 0.3) is 5.65 Å². The zero-order valence-electron chi connectivity index (χ0n) is 9.93. The Labute approximate surface area is 98.3 Å². The van der Waals surface area contributed by atoms with E-state index in [4.69, 9.17) is 5.11 Å². The number of fused-ring (bicyclic) bond motifs is 1. The molecule has 6 heteroatoms. The topological polar surface area (TPSA) is 79.5 Å². The minimum Gasteiger partial charge on any atom is -0.477 e. The van der Waals surface area contributed by atoms with Crippen molar-refractivity contribution in [3.8, 4) is 0 Å². The number of hydrogen-bond acceptors (Lipinski definition) is 4. The molecule has 0 amide bonds. The van der Waals surface area contributed by atoms with E-state index in [0.29, 0.717) is 11.5 Å². The van der Waals surface area contributed by atoms with Gasteiger partial charge in [-0.05, 0) is 20.8 Å². The third-order valence-corrected chi connectivity index (χ3v) is 2.21. The van der Waals surface area contributed by atoms with Crippen LogP contribution in [-0.4, -0.2) is 31.7 Å². The third-order valence-electron chi connectivity index (χ3n) is 2.21. The van der Waals surface area contributed by atoms with Crippen molar-refractivity contribution in [1.29, 1.82) is 0 Å². The molecule has 2 N–H and O–H groups in total. The van der Waals surface area contributed by atoms with Gasteiger partial charge in [-0.1, -0.05) is 0 Å². The van der Waals surface area contributed by atoms with Crippen LogP contribution in [-0.2, 0) is 0 Å². The zero-order chi connectivity index (χ0) is 12.6. The zero-order valence-corrected chi connectivity index (χ0v) is 9.93. The smallest absolute Gasteiger partial charge is 0.354 e. The van der Waals surface area contributed by atoms with Gasteiger partial charge in [-0.25, -0.2) is 9.78 Å². The number of rotatable bonds is 3. The van der Waals surface area contributed by atoms with Crippen molar-refractivity contribution in [2.45, 2.75) is 26.8 Å². The molecule has 2 aromatic heterocycles. The Morgan fingerprint density at radius 1 is 1.47 bits per heavy atom. The average Bonchev–Trinajstić information content (AvgIpc) is 2.57. The van der Waals surface area contributed by atoms with Gasteiger partial charge in [-0.3, -0.25) is 0 Å². The molecular weight excluding hydrogens is 220 g/mol. The van der Waals surface area contributed by atoms with Gasteiger partial charge in [-0.15, -0.1) is 0 Å². The molecule has 0 saturated heterocycles. The Kier molecular flexibility index (Phi) is 2.71. The summed E-state index contributed by atoms with van der Waals surface area (Å²) in [4.78, 5) is 15.0. The predicted octanol–water partition coefficient (Wildman–Crippen LogP) is 1.56. The molecule has 0 aliphatic heterocycles. The lowest BCUT2D eigenvalue weighted by molar-refractivity contribution is 0.0690. The van der Waals surface area contributed by atoms with Gasteiger partial charge < -0.3 is 10.4 Å². The van der Waals surface area contributed by atoms with Crippen molar-refractivity contribution >= 4 is 17.4 Å². The van der Waals surface area contributed by atoms with Crippen molar-refractivity contribution < 1.29 is 9.90 Å². The molecule has 6 nitrogen and oxygen atoms in total. The fraction of sp³-hybridized carbons (Fsp3) is 0.364. The lowest BCUT2D eigenvalue weighted by Gasteiger charge is -2.11. The highest BCUT2D eigenvalue weighted by atomic mass is 16.4. The largest absolute Gasteiger partial charge is 0.477 e. The van der Waals surface area contributed by atoms with Gasteiger partial charge in [0.25, 0.3) is 0 Å². The Morgan fingerprint density at radius 2 is 2.18 bits per heavy atom. The molecule has 2 heterocycles. The number of nitrogens with one attached hydrogen (secondary N) is 1. The quantitative estimate of drug-likeness (QED) is 0.842. The Morgan fingerprint density at radius 3 is 2.76 bits per heavy atom. The number of nitrogens with zero attached hydrogens (tertiary/aromatic N) is 3. The maximum Gasteiger partial charge on any atom is 0.354 e. The fourth-order valence-electron chi connectivity index (χ4n) is 1.60. The first kappa shape index (κ1) is 11.4. The summed E-state index contributed by atoms with van der Waals surface area (Å²) in [6.07, 6.45) is 0. The highest BCUT2D eigenvalue weighted by molar-refractivity contribution is 5.87. The van der Waals surface area contributed by atoms with Crippen LogP contribution in [0.1, 0.15) is 30.0 Å². The maximum absolute atomic E-state index is 11.0. The standard InChI is InChI=1S/C11H14N4O2/c1-6(2)12-10-5-8(11(16)17)13-9-4-7(3)14-15(9)10/h4-6,12H,1-3H3,(H,16,17). The van der Waals surface area contributed by atoms with Crippen LogP contribution in [0.2, 0.25) is 0 Å². The van der Waals surface area contributed by atoms with Crippen molar-refractivity contribution in [1.82, 2.24) is 14.6 Å². The summed E-state index contributed by atoms with van der Waals surface area (Å²) in [5.74, 6) is -0.409. The average molecular weight is 234 g/mol. The van der Waals surface area contributed by atoms with Gasteiger partial charge >= 0.3 is 5.97 Å². The van der Waals surface area contributed by atoms with E-state index in [1.165, 1.54) is 6.07 Å². The Bertz CT molecular complexity index is 574. The van der Waals surface area contributed by atoms with Crippen LogP contribution in [0, 0.1) is 6.92 Å². The van der Waals surface area contributed by atoms with E-state index in [-0.39, 0.29) is 11.7 Å². The molecule has 90 valence electrons. The summed E-state index contributed by atoms with van der Waals surface area (Å²) in [6.45, 7) is 5.79. The molecule has 17 heavy (non-hydrogen) atoms. The molecule has 0 spiro atoms. The number of carbonyl (C=O) groups is 1. The fourth-order valence-corrected chi connectivity index (χ4v) is 1.60. The van der Waals surface area contributed by atoms with Gasteiger partial charge in [0.1, 0.15) is 5.82 Å². The molecule has 0 saturated carbocycles. The van der Waals surface area contributed by atoms with E-state index >= 15 is 0 Å². The summed E-state index contributed by atoms with van der Waals surface area (Å²) in [7, 11) is 0. The first-order valence-corrected chi connectivity index (χ1v) is 5.34. The van der Waals surface area contributed by atoms with Crippen molar-refractivity contribution in [2.24, 2.45) is 0 Å². The summed E-state index contributed by atoms with van der Waals surface area (Å²) < 4.78 is 1.61. The second kappa shape index (κ2) is 4.04. The van der Waals surface area contributed by atoms with Gasteiger partial charge in [0.05, 0.1) is 5.69 Å². The molecule has 0 aliphatic carbocycles. The summed E-state index contributed by atoms with van der Waals surface area (Å²) in [5.41, 5.74) is 1.35. The molecule has 0 bridgehead atoms. The maximum atomic E-state index is 11.0. The van der Waals surface area contributed by atoms with E-state index in [2.05, 4.69) is 15.4 Å². The van der Waals surface area contributed by atoms with Gasteiger partial charge in [0.2, 0.25) is 0 Å². The van der Waals surface area contributed by atoms with Crippen molar-refractivity contribution in [3.05, 3.63) is 23.5 Å². The Balaban J connectivity index is 2.64. The molecule has 0 radical (unpaired) electrons. The number of carboxylic acid groups (broad SMARTS) is 1. The van der Waals surface area contributed by atoms with Crippen LogP contribution in [0.3, 0.4) is 0 Å². The highest BCUT2D eigenvalue weighted by Crippen LogP contribution is 2.14. The first-order chi connectivity index (χ1) is 7.97. The monoisotopic (exact) mass is 234 g/mol. The predicted molar refractivity (Wildman–Crippen MR) is 63.4 cm³/mol. The van der Waals surface area contributed by atoms with E-state index in [1.807, 2.05) is 20.8 Å². The summed E-state index contributed by atoms with van der Waals surface area (Å²) in [5, 5.41) is 16.4. The molecule has 2 rings (SSSR count). The van der Waals surface area contributed by atoms with Crippen LogP contribution in [0.5, 0.6) is 0 Å². The van der Waals surface area contributed by atoms with Crippen LogP contribution < -0.4 is 5.32 Å². The first-order valence-electron chi connectivity index (χ1n) is 5.34. The number of hydrogen-bond donors (Lipinski definition) is 2. The van der Waals surface area contributed by atoms with Crippen LogP contribution in [0.15, 0.2) is 12.1 Å². The van der Waals surface area contributed by atoms with E-state index in [1.54, 1.807) is 10.6 Å². The highest BCUT2D eigenvalue weighted by Gasteiger charge is 2.12. The van der Waals surface area contributed by atoms with E-state index in [9.17, 15) is 4.79 Å². The molecule has 0 aliphatic rings. The number of aromatic nitrogens is 3. The third kappa shape index (κ3) is 2.20. The van der Waals surface area contributed by atoms with Crippen LogP contribution in [0.4, 0.5) is 5.82 Å². The van der Waals surface area contributed by atoms with Crippen molar-refractivity contribution in [2.75, 3.05) is 5.32 Å². The lowest BCUT2D eigenvalue weighted by atomic mass is 10.3. The SMILES string of the molecule is Cc1cc2nc(C(=O)O)cc(NC(C)C)n2n1. The van der Waals surface area contributed by atoms with Gasteiger partial charge in [-0.2, -0.15) is 9.61 Å². The number of carboxylic acids is 1. The lowest BCUT2D eigenvalue weighted by Crippen LogP contribution is -2.15. The van der Waals surface area contributed by atoms with Crippen LogP contribution >= 0.6 is 0 Å². The minimum absolute atomic E-state index is 0.0144. The van der Waals surface area contributed by atoms with E-state index in [0.717, 1.165) is 5.69 Å². The minimum atomic E-state index is -1.04. The second-order valence-electron chi connectivity index (χ2n) is 4.19. The van der Waals surface area contributed by atoms with E-state index < -0.39 is 5.97 Å². The molecular formula is C11H14N4O2. The second-order valence-corrected chi connectivity index (χ2v) is 4.19. The number of aryl methyl sites for hydroxylation is 1.